The molecule has 0 aliphatic rings. The number of carboxylic acids is 1. The molecule has 0 bridgehead atoms. The Hall–Kier alpha value is -2.43. The van der Waals surface area contributed by atoms with Crippen LogP contribution in [0.3, 0.4) is 0 Å². The summed E-state index contributed by atoms with van der Waals surface area (Å²) in [7, 11) is 0. The number of benzene rings is 1. The highest BCUT2D eigenvalue weighted by atomic mass is 16.4. The topological polar surface area (TPSA) is 75.1 Å². The Kier molecular flexibility index (Phi) is 4.07. The number of aromatic carboxylic acids is 1. The molecule has 0 unspecified atom stereocenters. The van der Waals surface area contributed by atoms with Crippen molar-refractivity contribution in [3.63, 3.8) is 0 Å². The van der Waals surface area contributed by atoms with E-state index in [2.05, 4.69) is 15.3 Å². The van der Waals surface area contributed by atoms with E-state index in [-0.39, 0.29) is 5.69 Å². The van der Waals surface area contributed by atoms with Crippen molar-refractivity contribution in [2.75, 3.05) is 11.9 Å². The molecule has 0 amide bonds. The summed E-state index contributed by atoms with van der Waals surface area (Å²) in [6.45, 7) is 2.61. The van der Waals surface area contributed by atoms with Crippen LogP contribution in [-0.2, 0) is 6.42 Å². The minimum absolute atomic E-state index is 0.0110. The normalized spacial score (nSPS) is 10.2. The van der Waals surface area contributed by atoms with Crippen molar-refractivity contribution in [1.82, 2.24) is 9.97 Å². The molecule has 0 fully saturated rings. The number of aromatic nitrogens is 2. The van der Waals surface area contributed by atoms with Gasteiger partial charge in [0.1, 0.15) is 11.6 Å². The third-order valence-corrected chi connectivity index (χ3v) is 2.55. The van der Waals surface area contributed by atoms with E-state index in [9.17, 15) is 4.79 Å². The lowest BCUT2D eigenvalue weighted by atomic mass is 10.1. The number of hydrogen-bond donors (Lipinski definition) is 2. The molecule has 0 aliphatic heterocycles. The summed E-state index contributed by atoms with van der Waals surface area (Å²) in [6, 6.07) is 11.2. The first-order valence-electron chi connectivity index (χ1n) is 6.08. The van der Waals surface area contributed by atoms with E-state index in [1.165, 1.54) is 6.07 Å². The van der Waals surface area contributed by atoms with Crippen LogP contribution in [0, 0.1) is 0 Å². The Bertz CT molecular complexity index is 570. The van der Waals surface area contributed by atoms with Crippen LogP contribution in [0.15, 0.2) is 36.4 Å². The third kappa shape index (κ3) is 3.51. The van der Waals surface area contributed by atoms with Crippen molar-refractivity contribution in [1.29, 1.82) is 0 Å². The minimum atomic E-state index is -1.05. The van der Waals surface area contributed by atoms with Gasteiger partial charge < -0.3 is 10.4 Å². The Morgan fingerprint density at radius 1 is 1.26 bits per heavy atom. The summed E-state index contributed by atoms with van der Waals surface area (Å²) >= 11 is 0. The Labute approximate surface area is 111 Å². The molecule has 2 aromatic rings. The van der Waals surface area contributed by atoms with Crippen LogP contribution in [0.1, 0.15) is 28.8 Å². The first-order valence-corrected chi connectivity index (χ1v) is 6.08. The van der Waals surface area contributed by atoms with Crippen molar-refractivity contribution < 1.29 is 9.90 Å². The molecule has 1 aromatic carbocycles. The van der Waals surface area contributed by atoms with E-state index in [0.29, 0.717) is 24.6 Å². The quantitative estimate of drug-likeness (QED) is 0.858. The molecule has 0 radical (unpaired) electrons. The summed E-state index contributed by atoms with van der Waals surface area (Å²) in [5.74, 6) is -0.00116. The van der Waals surface area contributed by atoms with Gasteiger partial charge in [0.15, 0.2) is 5.69 Å². The largest absolute Gasteiger partial charge is 0.477 e. The zero-order valence-electron chi connectivity index (χ0n) is 10.6. The Morgan fingerprint density at radius 2 is 2.00 bits per heavy atom. The second-order valence-electron chi connectivity index (χ2n) is 4.05. The average molecular weight is 257 g/mol. The first-order chi connectivity index (χ1) is 9.19. The lowest BCUT2D eigenvalue weighted by molar-refractivity contribution is 0.0690. The summed E-state index contributed by atoms with van der Waals surface area (Å²) < 4.78 is 0. The van der Waals surface area contributed by atoms with E-state index in [0.717, 1.165) is 5.56 Å². The minimum Gasteiger partial charge on any atom is -0.477 e. The summed E-state index contributed by atoms with van der Waals surface area (Å²) in [5, 5.41) is 12.1. The number of carboxylic acid groups (broad SMARTS) is 1. The standard InChI is InChI=1S/C14H15N3O2/c1-2-15-12-9-11(14(18)19)16-13(17-12)8-10-6-4-3-5-7-10/h3-7,9H,2,8H2,1H3,(H,18,19)(H,15,16,17). The molecule has 5 nitrogen and oxygen atoms in total. The van der Waals surface area contributed by atoms with Gasteiger partial charge >= 0.3 is 5.97 Å². The number of anilines is 1. The fourth-order valence-corrected chi connectivity index (χ4v) is 1.74. The maximum absolute atomic E-state index is 11.0. The van der Waals surface area contributed by atoms with Crippen molar-refractivity contribution in [3.05, 3.63) is 53.5 Å². The molecule has 1 heterocycles. The maximum Gasteiger partial charge on any atom is 0.354 e. The van der Waals surface area contributed by atoms with E-state index in [1.54, 1.807) is 0 Å². The number of nitrogens with zero attached hydrogens (tertiary/aromatic N) is 2. The van der Waals surface area contributed by atoms with Crippen LogP contribution in [-0.4, -0.2) is 27.6 Å². The highest BCUT2D eigenvalue weighted by Gasteiger charge is 2.10. The van der Waals surface area contributed by atoms with Crippen LogP contribution in [0.5, 0.6) is 0 Å². The average Bonchev–Trinajstić information content (AvgIpc) is 2.40. The molecule has 0 saturated heterocycles. The molecule has 0 saturated carbocycles. The summed E-state index contributed by atoms with van der Waals surface area (Å²) in [6.07, 6.45) is 0.514. The molecule has 5 heteroatoms. The maximum atomic E-state index is 11.0. The van der Waals surface area contributed by atoms with Gasteiger partial charge in [-0.25, -0.2) is 14.8 Å². The first kappa shape index (κ1) is 13.0. The van der Waals surface area contributed by atoms with Gasteiger partial charge in [-0.2, -0.15) is 0 Å². The summed E-state index contributed by atoms with van der Waals surface area (Å²) in [5.41, 5.74) is 1.06. The van der Waals surface area contributed by atoms with Crippen LogP contribution >= 0.6 is 0 Å². The molecule has 19 heavy (non-hydrogen) atoms. The van der Waals surface area contributed by atoms with Gasteiger partial charge in [0.2, 0.25) is 0 Å². The summed E-state index contributed by atoms with van der Waals surface area (Å²) in [4.78, 5) is 19.4. The van der Waals surface area contributed by atoms with Gasteiger partial charge in [0, 0.05) is 19.0 Å². The Balaban J connectivity index is 2.31. The van der Waals surface area contributed by atoms with Crippen LogP contribution in [0.25, 0.3) is 0 Å². The molecular weight excluding hydrogens is 242 g/mol. The molecule has 1 aromatic heterocycles. The van der Waals surface area contributed by atoms with Crippen LogP contribution < -0.4 is 5.32 Å². The van der Waals surface area contributed by atoms with Gasteiger partial charge in [-0.15, -0.1) is 0 Å². The molecule has 98 valence electrons. The van der Waals surface area contributed by atoms with E-state index in [1.807, 2.05) is 37.3 Å². The van der Waals surface area contributed by atoms with Crippen molar-refractivity contribution in [3.8, 4) is 0 Å². The lowest BCUT2D eigenvalue weighted by Crippen LogP contribution is -2.09. The van der Waals surface area contributed by atoms with Crippen molar-refractivity contribution >= 4 is 11.8 Å². The second kappa shape index (κ2) is 5.95. The zero-order valence-corrected chi connectivity index (χ0v) is 10.6. The molecule has 2 N–H and O–H groups in total. The second-order valence-corrected chi connectivity index (χ2v) is 4.05. The number of rotatable bonds is 5. The molecule has 2 rings (SSSR count). The van der Waals surface area contributed by atoms with Gasteiger partial charge in [-0.3, -0.25) is 0 Å². The Morgan fingerprint density at radius 3 is 2.63 bits per heavy atom. The van der Waals surface area contributed by atoms with Gasteiger partial charge in [-0.1, -0.05) is 30.3 Å². The molecule has 0 spiro atoms. The number of hydrogen-bond acceptors (Lipinski definition) is 4. The van der Waals surface area contributed by atoms with Crippen LogP contribution in [0.2, 0.25) is 0 Å². The predicted octanol–water partition coefficient (Wildman–Crippen LogP) is 2.20. The van der Waals surface area contributed by atoms with Gasteiger partial charge in [0.25, 0.3) is 0 Å². The molecule has 0 aliphatic carbocycles. The molecule has 0 atom stereocenters. The van der Waals surface area contributed by atoms with E-state index >= 15 is 0 Å². The fraction of sp³-hybridized carbons (Fsp3) is 0.214. The van der Waals surface area contributed by atoms with Gasteiger partial charge in [0.05, 0.1) is 0 Å². The highest BCUT2D eigenvalue weighted by Crippen LogP contribution is 2.11. The number of nitrogens with one attached hydrogen (secondary N) is 1. The van der Waals surface area contributed by atoms with Gasteiger partial charge in [-0.05, 0) is 12.5 Å². The fourth-order valence-electron chi connectivity index (χ4n) is 1.74. The SMILES string of the molecule is CCNc1cc(C(=O)O)nc(Cc2ccccc2)n1. The lowest BCUT2D eigenvalue weighted by Gasteiger charge is -2.07. The zero-order chi connectivity index (χ0) is 13.7. The van der Waals surface area contributed by atoms with Crippen molar-refractivity contribution in [2.45, 2.75) is 13.3 Å². The smallest absolute Gasteiger partial charge is 0.354 e. The number of carbonyl (C=O) groups is 1. The van der Waals surface area contributed by atoms with Crippen LogP contribution in [0.4, 0.5) is 5.82 Å². The van der Waals surface area contributed by atoms with E-state index < -0.39 is 5.97 Å². The predicted molar refractivity (Wildman–Crippen MR) is 72.4 cm³/mol. The monoisotopic (exact) mass is 257 g/mol. The third-order valence-electron chi connectivity index (χ3n) is 2.55. The highest BCUT2D eigenvalue weighted by molar-refractivity contribution is 5.86. The van der Waals surface area contributed by atoms with Crippen molar-refractivity contribution in [2.24, 2.45) is 0 Å². The van der Waals surface area contributed by atoms with E-state index in [4.69, 9.17) is 5.11 Å². The molecular formula is C14H15N3O2.